The van der Waals surface area contributed by atoms with Crippen LogP contribution in [0.25, 0.3) is 0 Å². The van der Waals surface area contributed by atoms with Crippen molar-refractivity contribution in [1.82, 2.24) is 5.32 Å². The van der Waals surface area contributed by atoms with Crippen molar-refractivity contribution < 1.29 is 14.5 Å². The zero-order chi connectivity index (χ0) is 14.8. The second-order valence-corrected chi connectivity index (χ2v) is 6.09. The van der Waals surface area contributed by atoms with Gasteiger partial charge in [-0.25, -0.2) is 0 Å². The molecule has 0 aromatic heterocycles. The van der Waals surface area contributed by atoms with Crippen LogP contribution in [-0.2, 0) is 9.59 Å². The summed E-state index contributed by atoms with van der Waals surface area (Å²) in [5.74, 6) is 0.157. The lowest BCUT2D eigenvalue weighted by atomic mass is 10.1. The molecule has 1 unspecified atom stereocenters. The van der Waals surface area contributed by atoms with E-state index in [0.29, 0.717) is 31.6 Å². The molecule has 5 nitrogen and oxygen atoms in total. The van der Waals surface area contributed by atoms with Crippen LogP contribution in [0.15, 0.2) is 24.3 Å². The Kier molecular flexibility index (Phi) is 3.92. The molecule has 2 fully saturated rings. The highest BCUT2D eigenvalue weighted by Crippen LogP contribution is 2.14. The van der Waals surface area contributed by atoms with Crippen molar-refractivity contribution in [1.29, 1.82) is 0 Å². The first-order chi connectivity index (χ1) is 10.1. The first-order valence-corrected chi connectivity index (χ1v) is 7.61. The van der Waals surface area contributed by atoms with Gasteiger partial charge in [0, 0.05) is 18.5 Å². The number of aryl methyl sites for hydroxylation is 1. The van der Waals surface area contributed by atoms with Gasteiger partial charge in [0.15, 0.2) is 6.54 Å². The van der Waals surface area contributed by atoms with Crippen molar-refractivity contribution in [3.8, 4) is 0 Å². The molecule has 0 radical (unpaired) electrons. The maximum absolute atomic E-state index is 12.3. The summed E-state index contributed by atoms with van der Waals surface area (Å²) in [5.41, 5.74) is 1.94. The van der Waals surface area contributed by atoms with Crippen LogP contribution in [0.3, 0.4) is 0 Å². The molecule has 2 aliphatic rings. The molecule has 0 aliphatic carbocycles. The smallest absolute Gasteiger partial charge is 0.279 e. The van der Waals surface area contributed by atoms with Crippen molar-refractivity contribution in [3.05, 3.63) is 29.8 Å². The van der Waals surface area contributed by atoms with Gasteiger partial charge in [0.25, 0.3) is 5.91 Å². The zero-order valence-electron chi connectivity index (χ0n) is 12.3. The standard InChI is InChI=1S/C16H21N3O2/c1-11-4-2-3-5-14(11)18-16(21)10-19-12-6-7-13(19)9-17-15(20)8-12/h2-5,12-13H,6-10H2,1H3,(H,17,20)(H,18,21)/p+1/t12-,13+/m0/s1. The quantitative estimate of drug-likeness (QED) is 0.725. The second kappa shape index (κ2) is 5.85. The number of amides is 2. The summed E-state index contributed by atoms with van der Waals surface area (Å²) in [6.07, 6.45) is 2.69. The van der Waals surface area contributed by atoms with Crippen LogP contribution in [0.1, 0.15) is 24.8 Å². The number of para-hydroxylation sites is 1. The molecule has 2 amide bonds. The number of carbonyl (C=O) groups is 2. The fourth-order valence-electron chi connectivity index (χ4n) is 3.49. The predicted molar refractivity (Wildman–Crippen MR) is 80.1 cm³/mol. The predicted octanol–water partition coefficient (Wildman–Crippen LogP) is -0.131. The first-order valence-electron chi connectivity index (χ1n) is 7.61. The number of nitrogens with one attached hydrogen (secondary N) is 3. The van der Waals surface area contributed by atoms with Gasteiger partial charge in [0.1, 0.15) is 6.04 Å². The average molecular weight is 288 g/mol. The molecule has 1 aromatic rings. The maximum Gasteiger partial charge on any atom is 0.279 e. The van der Waals surface area contributed by atoms with Crippen LogP contribution in [0, 0.1) is 6.92 Å². The summed E-state index contributed by atoms with van der Waals surface area (Å²) in [6, 6.07) is 8.46. The Hall–Kier alpha value is -1.88. The fraction of sp³-hybridized carbons (Fsp3) is 0.500. The molecular formula is C16H22N3O2+. The number of quaternary nitrogens is 1. The van der Waals surface area contributed by atoms with E-state index in [1.54, 1.807) is 0 Å². The molecule has 2 bridgehead atoms. The number of carbonyl (C=O) groups excluding carboxylic acids is 2. The number of hydrogen-bond acceptors (Lipinski definition) is 2. The van der Waals surface area contributed by atoms with E-state index >= 15 is 0 Å². The number of rotatable bonds is 3. The van der Waals surface area contributed by atoms with Gasteiger partial charge in [-0.3, -0.25) is 9.59 Å². The molecule has 21 heavy (non-hydrogen) atoms. The molecule has 5 heteroatoms. The first kappa shape index (κ1) is 14.1. The van der Waals surface area contributed by atoms with Crippen molar-refractivity contribution in [2.75, 3.05) is 18.4 Å². The van der Waals surface area contributed by atoms with Crippen molar-refractivity contribution >= 4 is 17.5 Å². The minimum atomic E-state index is 0.0329. The van der Waals surface area contributed by atoms with E-state index in [-0.39, 0.29) is 11.8 Å². The summed E-state index contributed by atoms with van der Waals surface area (Å²) in [4.78, 5) is 25.2. The molecule has 0 spiro atoms. The van der Waals surface area contributed by atoms with Gasteiger partial charge in [-0.2, -0.15) is 0 Å². The molecule has 3 atom stereocenters. The van der Waals surface area contributed by atoms with E-state index < -0.39 is 0 Å². The minimum Gasteiger partial charge on any atom is -0.350 e. The lowest BCUT2D eigenvalue weighted by molar-refractivity contribution is -0.925. The van der Waals surface area contributed by atoms with Crippen molar-refractivity contribution in [3.63, 3.8) is 0 Å². The number of hydrogen-bond donors (Lipinski definition) is 3. The van der Waals surface area contributed by atoms with Crippen LogP contribution < -0.4 is 15.5 Å². The topological polar surface area (TPSA) is 62.6 Å². The van der Waals surface area contributed by atoms with E-state index in [2.05, 4.69) is 10.6 Å². The van der Waals surface area contributed by atoms with E-state index in [4.69, 9.17) is 0 Å². The third-order valence-electron chi connectivity index (χ3n) is 4.67. The minimum absolute atomic E-state index is 0.0329. The normalized spacial score (nSPS) is 27.9. The van der Waals surface area contributed by atoms with Crippen LogP contribution in [-0.4, -0.2) is 37.0 Å². The van der Waals surface area contributed by atoms with Gasteiger partial charge in [-0.05, 0) is 18.6 Å². The van der Waals surface area contributed by atoms with E-state index in [9.17, 15) is 9.59 Å². The van der Waals surface area contributed by atoms with Crippen molar-refractivity contribution in [2.24, 2.45) is 0 Å². The van der Waals surface area contributed by atoms with Gasteiger partial charge >= 0.3 is 0 Å². The number of fused-ring (bicyclic) bond motifs is 2. The zero-order valence-corrected chi connectivity index (χ0v) is 12.3. The van der Waals surface area contributed by atoms with Gasteiger partial charge in [0.2, 0.25) is 5.91 Å². The Morgan fingerprint density at radius 2 is 2.10 bits per heavy atom. The summed E-state index contributed by atoms with van der Waals surface area (Å²) in [5, 5.41) is 5.94. The lowest BCUT2D eigenvalue weighted by Gasteiger charge is -2.23. The molecule has 3 rings (SSSR count). The lowest BCUT2D eigenvalue weighted by Crippen LogP contribution is -3.18. The molecule has 1 aromatic carbocycles. The molecular weight excluding hydrogens is 266 g/mol. The van der Waals surface area contributed by atoms with Crippen LogP contribution in [0.4, 0.5) is 5.69 Å². The highest BCUT2D eigenvalue weighted by atomic mass is 16.2. The molecule has 2 heterocycles. The average Bonchev–Trinajstić information content (AvgIpc) is 2.72. The summed E-state index contributed by atoms with van der Waals surface area (Å²) in [6.45, 7) is 3.13. The molecule has 3 N–H and O–H groups in total. The molecule has 2 aliphatic heterocycles. The monoisotopic (exact) mass is 288 g/mol. The Labute approximate surface area is 124 Å². The second-order valence-electron chi connectivity index (χ2n) is 6.09. The highest BCUT2D eigenvalue weighted by molar-refractivity contribution is 5.92. The van der Waals surface area contributed by atoms with Crippen molar-refractivity contribution in [2.45, 2.75) is 38.3 Å². The summed E-state index contributed by atoms with van der Waals surface area (Å²) < 4.78 is 0. The Morgan fingerprint density at radius 1 is 1.33 bits per heavy atom. The Bertz CT molecular complexity index is 558. The third kappa shape index (κ3) is 3.08. The van der Waals surface area contributed by atoms with Crippen LogP contribution in [0.2, 0.25) is 0 Å². The van der Waals surface area contributed by atoms with E-state index in [1.165, 1.54) is 4.90 Å². The number of benzene rings is 1. The van der Waals surface area contributed by atoms with E-state index in [0.717, 1.165) is 24.1 Å². The maximum atomic E-state index is 12.3. The van der Waals surface area contributed by atoms with Gasteiger partial charge in [0.05, 0.1) is 19.0 Å². The number of anilines is 1. The molecule has 0 saturated carbocycles. The van der Waals surface area contributed by atoms with Gasteiger partial charge < -0.3 is 15.5 Å². The molecule has 2 saturated heterocycles. The SMILES string of the molecule is Cc1ccccc1NC(=O)C[NH+]1[C@@H]2CC[C@H]1CC(=O)NC2. The van der Waals surface area contributed by atoms with Gasteiger partial charge in [-0.1, -0.05) is 18.2 Å². The van der Waals surface area contributed by atoms with Crippen LogP contribution >= 0.6 is 0 Å². The van der Waals surface area contributed by atoms with Gasteiger partial charge in [-0.15, -0.1) is 0 Å². The summed E-state index contributed by atoms with van der Waals surface area (Å²) in [7, 11) is 0. The van der Waals surface area contributed by atoms with E-state index in [1.807, 2.05) is 31.2 Å². The highest BCUT2D eigenvalue weighted by Gasteiger charge is 2.42. The largest absolute Gasteiger partial charge is 0.350 e. The van der Waals surface area contributed by atoms with Crippen LogP contribution in [0.5, 0.6) is 0 Å². The fourth-order valence-corrected chi connectivity index (χ4v) is 3.49. The molecule has 112 valence electrons. The Balaban J connectivity index is 1.65. The third-order valence-corrected chi connectivity index (χ3v) is 4.67. The summed E-state index contributed by atoms with van der Waals surface area (Å²) >= 11 is 0. The Morgan fingerprint density at radius 3 is 2.90 bits per heavy atom.